The number of hydrogen-bond donors (Lipinski definition) is 1. The van der Waals surface area contributed by atoms with Crippen LogP contribution in [0.1, 0.15) is 0 Å². The molecule has 0 aromatic carbocycles. The molecule has 0 atom stereocenters. The van der Waals surface area contributed by atoms with Gasteiger partial charge >= 0.3 is 0 Å². The second-order valence-electron chi connectivity index (χ2n) is 2.29. The van der Waals surface area contributed by atoms with Gasteiger partial charge in [0.1, 0.15) is 4.60 Å². The molecule has 2 aromatic rings. The first-order valence-electron chi connectivity index (χ1n) is 3.20. The Labute approximate surface area is 90.7 Å². The zero-order chi connectivity index (χ0) is 8.72. The van der Waals surface area contributed by atoms with E-state index >= 15 is 0 Å². The summed E-state index contributed by atoms with van der Waals surface area (Å²) in [6.07, 6.45) is 3.44. The molecule has 62 valence electrons. The highest BCUT2D eigenvalue weighted by molar-refractivity contribution is 14.1. The number of fused-ring (bicyclic) bond motifs is 1. The molecule has 0 saturated heterocycles. The van der Waals surface area contributed by atoms with E-state index in [1.165, 1.54) is 0 Å². The highest BCUT2D eigenvalue weighted by atomic mass is 127. The van der Waals surface area contributed by atoms with Crippen LogP contribution >= 0.6 is 38.5 Å². The van der Waals surface area contributed by atoms with Gasteiger partial charge in [-0.25, -0.2) is 4.98 Å². The third-order valence-electron chi connectivity index (χ3n) is 1.54. The number of halogens is 2. The Balaban J connectivity index is 2.97. The molecule has 0 saturated carbocycles. The van der Waals surface area contributed by atoms with Gasteiger partial charge < -0.3 is 5.11 Å². The van der Waals surface area contributed by atoms with Gasteiger partial charge in [-0.05, 0) is 44.6 Å². The van der Waals surface area contributed by atoms with Crippen molar-refractivity contribution in [1.82, 2.24) is 9.38 Å². The zero-order valence-electron chi connectivity index (χ0n) is 5.83. The summed E-state index contributed by atoms with van der Waals surface area (Å²) in [6.45, 7) is 0. The standard InChI is InChI=1S/C7H4BrIN2O/c8-6-4(9)3-5(12)7-10-1-2-11(6)7/h1-3,12H. The van der Waals surface area contributed by atoms with Gasteiger partial charge in [-0.1, -0.05) is 0 Å². The summed E-state index contributed by atoms with van der Waals surface area (Å²) in [5.41, 5.74) is 0.572. The smallest absolute Gasteiger partial charge is 0.180 e. The first-order valence-corrected chi connectivity index (χ1v) is 5.07. The molecule has 0 fully saturated rings. The molecule has 0 bridgehead atoms. The number of imidazole rings is 1. The van der Waals surface area contributed by atoms with Crippen molar-refractivity contribution in [2.24, 2.45) is 0 Å². The predicted octanol–water partition coefficient (Wildman–Crippen LogP) is 2.41. The lowest BCUT2D eigenvalue weighted by Crippen LogP contribution is -1.89. The zero-order valence-corrected chi connectivity index (χ0v) is 9.57. The SMILES string of the molecule is Oc1cc(I)c(Br)n2ccnc12. The molecule has 2 rings (SSSR count). The Morgan fingerprint density at radius 3 is 3.08 bits per heavy atom. The molecule has 3 nitrogen and oxygen atoms in total. The first kappa shape index (κ1) is 8.31. The first-order chi connectivity index (χ1) is 5.70. The molecule has 0 aliphatic rings. The lowest BCUT2D eigenvalue weighted by atomic mass is 10.4. The molecule has 5 heteroatoms. The summed E-state index contributed by atoms with van der Waals surface area (Å²) in [6, 6.07) is 1.67. The van der Waals surface area contributed by atoms with E-state index in [1.807, 2.05) is 0 Å². The average Bonchev–Trinajstić information content (AvgIpc) is 2.48. The van der Waals surface area contributed by atoms with Crippen LogP contribution in [-0.4, -0.2) is 14.5 Å². The number of aromatic hydroxyl groups is 1. The summed E-state index contributed by atoms with van der Waals surface area (Å²) in [4.78, 5) is 4.00. The van der Waals surface area contributed by atoms with Crippen molar-refractivity contribution in [2.45, 2.75) is 0 Å². The van der Waals surface area contributed by atoms with Crippen molar-refractivity contribution < 1.29 is 5.11 Å². The Kier molecular flexibility index (Phi) is 1.99. The largest absolute Gasteiger partial charge is 0.504 e. The van der Waals surface area contributed by atoms with Gasteiger partial charge in [-0.3, -0.25) is 4.40 Å². The van der Waals surface area contributed by atoms with Crippen molar-refractivity contribution in [3.05, 3.63) is 26.6 Å². The summed E-state index contributed by atoms with van der Waals surface area (Å²) in [5, 5.41) is 9.46. The van der Waals surface area contributed by atoms with Crippen molar-refractivity contribution in [3.8, 4) is 5.75 Å². The highest BCUT2D eigenvalue weighted by Gasteiger charge is 2.07. The van der Waals surface area contributed by atoms with E-state index in [-0.39, 0.29) is 5.75 Å². The van der Waals surface area contributed by atoms with Crippen LogP contribution in [0.3, 0.4) is 0 Å². The fourth-order valence-electron chi connectivity index (χ4n) is 1.01. The number of pyridine rings is 1. The van der Waals surface area contributed by atoms with Crippen LogP contribution in [-0.2, 0) is 0 Å². The van der Waals surface area contributed by atoms with Crippen LogP contribution in [0.5, 0.6) is 5.75 Å². The summed E-state index contributed by atoms with van der Waals surface area (Å²) >= 11 is 5.54. The lowest BCUT2D eigenvalue weighted by Gasteiger charge is -2.02. The number of aromatic nitrogens is 2. The van der Waals surface area contributed by atoms with Gasteiger partial charge in [0.25, 0.3) is 0 Å². The number of rotatable bonds is 0. The van der Waals surface area contributed by atoms with Crippen LogP contribution in [0.2, 0.25) is 0 Å². The Hall–Kier alpha value is -0.300. The molecule has 0 radical (unpaired) electrons. The van der Waals surface area contributed by atoms with E-state index in [9.17, 15) is 5.11 Å². The number of nitrogens with zero attached hydrogens (tertiary/aromatic N) is 2. The second kappa shape index (κ2) is 2.88. The highest BCUT2D eigenvalue weighted by Crippen LogP contribution is 2.26. The van der Waals surface area contributed by atoms with Crippen LogP contribution in [0, 0.1) is 3.57 Å². The fourth-order valence-corrected chi connectivity index (χ4v) is 1.97. The van der Waals surface area contributed by atoms with Crippen molar-refractivity contribution in [2.75, 3.05) is 0 Å². The topological polar surface area (TPSA) is 37.5 Å². The van der Waals surface area contributed by atoms with E-state index in [1.54, 1.807) is 22.9 Å². The van der Waals surface area contributed by atoms with Crippen LogP contribution in [0.15, 0.2) is 23.1 Å². The Morgan fingerprint density at radius 2 is 2.33 bits per heavy atom. The summed E-state index contributed by atoms with van der Waals surface area (Å²) in [7, 11) is 0. The summed E-state index contributed by atoms with van der Waals surface area (Å²) in [5.74, 6) is 0.201. The minimum absolute atomic E-state index is 0.201. The Bertz CT molecular complexity index is 440. The molecular weight excluding hydrogens is 335 g/mol. The normalized spacial score (nSPS) is 10.8. The maximum atomic E-state index is 9.46. The minimum Gasteiger partial charge on any atom is -0.504 e. The fraction of sp³-hybridized carbons (Fsp3) is 0. The van der Waals surface area contributed by atoms with Gasteiger partial charge in [0, 0.05) is 16.0 Å². The molecule has 2 aromatic heterocycles. The second-order valence-corrected chi connectivity index (χ2v) is 4.20. The van der Waals surface area contributed by atoms with Crippen molar-refractivity contribution in [3.63, 3.8) is 0 Å². The van der Waals surface area contributed by atoms with E-state index < -0.39 is 0 Å². The molecule has 2 heterocycles. The average molecular weight is 339 g/mol. The molecule has 0 unspecified atom stereocenters. The van der Waals surface area contributed by atoms with E-state index in [0.717, 1.165) is 8.17 Å². The molecular formula is C7H4BrIN2O. The predicted molar refractivity (Wildman–Crippen MR) is 57.3 cm³/mol. The molecule has 12 heavy (non-hydrogen) atoms. The van der Waals surface area contributed by atoms with Crippen LogP contribution in [0.25, 0.3) is 5.65 Å². The van der Waals surface area contributed by atoms with Gasteiger partial charge in [0.15, 0.2) is 11.4 Å². The maximum Gasteiger partial charge on any atom is 0.180 e. The van der Waals surface area contributed by atoms with Crippen molar-refractivity contribution >= 4 is 44.2 Å². The minimum atomic E-state index is 0.201. The third-order valence-corrected chi connectivity index (χ3v) is 3.91. The quantitative estimate of drug-likeness (QED) is 0.591. The molecule has 0 amide bonds. The molecule has 0 aliphatic carbocycles. The molecule has 0 aliphatic heterocycles. The van der Waals surface area contributed by atoms with Gasteiger partial charge in [-0.15, -0.1) is 0 Å². The molecule has 1 N–H and O–H groups in total. The van der Waals surface area contributed by atoms with E-state index in [0.29, 0.717) is 5.65 Å². The summed E-state index contributed by atoms with van der Waals surface area (Å²) < 4.78 is 3.65. The van der Waals surface area contributed by atoms with Crippen LogP contribution < -0.4 is 0 Å². The van der Waals surface area contributed by atoms with E-state index in [2.05, 4.69) is 43.5 Å². The third kappa shape index (κ3) is 1.11. The lowest BCUT2D eigenvalue weighted by molar-refractivity contribution is 0.477. The van der Waals surface area contributed by atoms with Crippen molar-refractivity contribution in [1.29, 1.82) is 0 Å². The van der Waals surface area contributed by atoms with Gasteiger partial charge in [-0.2, -0.15) is 0 Å². The maximum absolute atomic E-state index is 9.46. The van der Waals surface area contributed by atoms with E-state index in [4.69, 9.17) is 0 Å². The monoisotopic (exact) mass is 338 g/mol. The van der Waals surface area contributed by atoms with Crippen LogP contribution in [0.4, 0.5) is 0 Å². The Morgan fingerprint density at radius 1 is 1.58 bits per heavy atom. The van der Waals surface area contributed by atoms with Gasteiger partial charge in [0.2, 0.25) is 0 Å². The van der Waals surface area contributed by atoms with Gasteiger partial charge in [0.05, 0.1) is 0 Å². The molecule has 0 spiro atoms. The number of hydrogen-bond acceptors (Lipinski definition) is 2.